The molecule has 5 heteroatoms. The molecule has 1 unspecified atom stereocenters. The SMILES string of the molecule is CN(C)C(=O)C1CCCN1c1cc2ccccc2c(Cl)n1. The molecule has 110 valence electrons. The number of fused-ring (bicyclic) bond motifs is 1. The van der Waals surface area contributed by atoms with Crippen LogP contribution in [-0.4, -0.2) is 42.5 Å². The van der Waals surface area contributed by atoms with Gasteiger partial charge in [-0.15, -0.1) is 0 Å². The first kappa shape index (κ1) is 14.1. The van der Waals surface area contributed by atoms with Crippen molar-refractivity contribution < 1.29 is 4.79 Å². The molecule has 4 nitrogen and oxygen atoms in total. The van der Waals surface area contributed by atoms with Gasteiger partial charge in [-0.05, 0) is 24.3 Å². The van der Waals surface area contributed by atoms with E-state index in [2.05, 4.69) is 9.88 Å². The summed E-state index contributed by atoms with van der Waals surface area (Å²) >= 11 is 6.30. The molecular formula is C16H18ClN3O. The quantitative estimate of drug-likeness (QED) is 0.800. The molecule has 0 bridgehead atoms. The number of rotatable bonds is 2. The van der Waals surface area contributed by atoms with Gasteiger partial charge in [-0.1, -0.05) is 35.9 Å². The van der Waals surface area contributed by atoms with Crippen LogP contribution < -0.4 is 4.90 Å². The lowest BCUT2D eigenvalue weighted by Crippen LogP contribution is -2.43. The summed E-state index contributed by atoms with van der Waals surface area (Å²) in [6, 6.07) is 9.79. The summed E-state index contributed by atoms with van der Waals surface area (Å²) in [4.78, 5) is 20.5. The third kappa shape index (κ3) is 2.56. The molecule has 1 aromatic heterocycles. The van der Waals surface area contributed by atoms with E-state index in [-0.39, 0.29) is 11.9 Å². The predicted molar refractivity (Wildman–Crippen MR) is 85.8 cm³/mol. The maximum Gasteiger partial charge on any atom is 0.244 e. The van der Waals surface area contributed by atoms with Gasteiger partial charge in [0.2, 0.25) is 5.91 Å². The molecule has 1 aliphatic rings. The second kappa shape index (κ2) is 5.53. The first-order chi connectivity index (χ1) is 10.1. The Labute approximate surface area is 129 Å². The van der Waals surface area contributed by atoms with Gasteiger partial charge in [0, 0.05) is 26.0 Å². The fourth-order valence-electron chi connectivity index (χ4n) is 2.89. The summed E-state index contributed by atoms with van der Waals surface area (Å²) in [5.74, 6) is 0.912. The van der Waals surface area contributed by atoms with Gasteiger partial charge in [0.25, 0.3) is 0 Å². The number of hydrogen-bond donors (Lipinski definition) is 0. The van der Waals surface area contributed by atoms with Gasteiger partial charge in [0.05, 0.1) is 0 Å². The number of pyridine rings is 1. The molecule has 1 amide bonds. The molecule has 3 rings (SSSR count). The number of amides is 1. The molecule has 21 heavy (non-hydrogen) atoms. The highest BCUT2D eigenvalue weighted by Gasteiger charge is 2.32. The Morgan fingerprint density at radius 2 is 2.14 bits per heavy atom. The topological polar surface area (TPSA) is 36.4 Å². The Hall–Kier alpha value is -1.81. The van der Waals surface area contributed by atoms with Crippen molar-refractivity contribution in [3.63, 3.8) is 0 Å². The summed E-state index contributed by atoms with van der Waals surface area (Å²) in [6.45, 7) is 0.839. The summed E-state index contributed by atoms with van der Waals surface area (Å²) in [6.07, 6.45) is 1.86. The molecule has 2 aromatic rings. The second-order valence-corrected chi connectivity index (χ2v) is 5.93. The van der Waals surface area contributed by atoms with Crippen LogP contribution in [0.1, 0.15) is 12.8 Å². The van der Waals surface area contributed by atoms with Crippen LogP contribution in [0.3, 0.4) is 0 Å². The van der Waals surface area contributed by atoms with Crippen LogP contribution in [0.4, 0.5) is 5.82 Å². The van der Waals surface area contributed by atoms with Crippen LogP contribution in [-0.2, 0) is 4.79 Å². The zero-order valence-corrected chi connectivity index (χ0v) is 13.0. The number of anilines is 1. The molecule has 1 aromatic carbocycles. The Bertz CT molecular complexity index is 686. The first-order valence-corrected chi connectivity index (χ1v) is 7.49. The highest BCUT2D eigenvalue weighted by Crippen LogP contribution is 2.30. The maximum absolute atomic E-state index is 12.3. The Morgan fingerprint density at radius 3 is 2.90 bits per heavy atom. The van der Waals surface area contributed by atoms with E-state index in [1.54, 1.807) is 19.0 Å². The van der Waals surface area contributed by atoms with E-state index in [1.165, 1.54) is 0 Å². The molecule has 1 aliphatic heterocycles. The molecule has 0 spiro atoms. The van der Waals surface area contributed by atoms with E-state index >= 15 is 0 Å². The fraction of sp³-hybridized carbons (Fsp3) is 0.375. The number of halogens is 1. The summed E-state index contributed by atoms with van der Waals surface area (Å²) in [7, 11) is 3.58. The van der Waals surface area contributed by atoms with E-state index in [4.69, 9.17) is 11.6 Å². The molecule has 1 fully saturated rings. The van der Waals surface area contributed by atoms with Crippen molar-refractivity contribution in [1.82, 2.24) is 9.88 Å². The summed E-state index contributed by atoms with van der Waals surface area (Å²) in [5.41, 5.74) is 0. The largest absolute Gasteiger partial charge is 0.347 e. The lowest BCUT2D eigenvalue weighted by molar-refractivity contribution is -0.129. The normalized spacial score (nSPS) is 18.2. The lowest BCUT2D eigenvalue weighted by Gasteiger charge is -2.27. The van der Waals surface area contributed by atoms with Crippen molar-refractivity contribution in [2.45, 2.75) is 18.9 Å². The molecule has 1 atom stereocenters. The number of aromatic nitrogens is 1. The highest BCUT2D eigenvalue weighted by molar-refractivity contribution is 6.34. The van der Waals surface area contributed by atoms with Gasteiger partial charge in [0.15, 0.2) is 0 Å². The monoisotopic (exact) mass is 303 g/mol. The molecule has 0 aliphatic carbocycles. The highest BCUT2D eigenvalue weighted by atomic mass is 35.5. The average Bonchev–Trinajstić information content (AvgIpc) is 2.95. The minimum absolute atomic E-state index is 0.124. The van der Waals surface area contributed by atoms with Crippen LogP contribution in [0, 0.1) is 0 Å². The van der Waals surface area contributed by atoms with Crippen molar-refractivity contribution in [3.05, 3.63) is 35.5 Å². The van der Waals surface area contributed by atoms with Crippen LogP contribution in [0.15, 0.2) is 30.3 Å². The third-order valence-electron chi connectivity index (χ3n) is 3.95. The molecule has 1 saturated heterocycles. The van der Waals surface area contributed by atoms with Gasteiger partial charge in [-0.2, -0.15) is 0 Å². The first-order valence-electron chi connectivity index (χ1n) is 7.11. The zero-order valence-electron chi connectivity index (χ0n) is 12.2. The summed E-state index contributed by atoms with van der Waals surface area (Å²) < 4.78 is 0. The van der Waals surface area contributed by atoms with Crippen LogP contribution in [0.2, 0.25) is 5.15 Å². The van der Waals surface area contributed by atoms with Gasteiger partial charge >= 0.3 is 0 Å². The maximum atomic E-state index is 12.3. The Balaban J connectivity index is 2.01. The number of benzene rings is 1. The van der Waals surface area contributed by atoms with E-state index in [0.29, 0.717) is 5.15 Å². The van der Waals surface area contributed by atoms with Gasteiger partial charge in [-0.3, -0.25) is 4.79 Å². The zero-order chi connectivity index (χ0) is 15.0. The van der Waals surface area contributed by atoms with E-state index < -0.39 is 0 Å². The van der Waals surface area contributed by atoms with Crippen LogP contribution >= 0.6 is 11.6 Å². The number of nitrogens with zero attached hydrogens (tertiary/aromatic N) is 3. The predicted octanol–water partition coefficient (Wildman–Crippen LogP) is 2.95. The smallest absolute Gasteiger partial charge is 0.244 e. The fourth-order valence-corrected chi connectivity index (χ4v) is 3.14. The number of carbonyl (C=O) groups is 1. The minimum atomic E-state index is -0.135. The summed E-state index contributed by atoms with van der Waals surface area (Å²) in [5, 5.41) is 2.49. The van der Waals surface area contributed by atoms with Crippen LogP contribution in [0.25, 0.3) is 10.8 Å². The average molecular weight is 304 g/mol. The number of hydrogen-bond acceptors (Lipinski definition) is 3. The van der Waals surface area contributed by atoms with Crippen molar-refractivity contribution in [1.29, 1.82) is 0 Å². The second-order valence-electron chi connectivity index (χ2n) is 5.58. The van der Waals surface area contributed by atoms with Gasteiger partial charge < -0.3 is 9.80 Å². The lowest BCUT2D eigenvalue weighted by atomic mass is 10.1. The van der Waals surface area contributed by atoms with Crippen LogP contribution in [0.5, 0.6) is 0 Å². The standard InChI is InChI=1S/C16H18ClN3O/c1-19(2)16(21)13-8-5-9-20(13)14-10-11-6-3-4-7-12(11)15(17)18-14/h3-4,6-7,10,13H,5,8-9H2,1-2H3. The van der Waals surface area contributed by atoms with E-state index in [9.17, 15) is 4.79 Å². The van der Waals surface area contributed by atoms with E-state index in [1.807, 2.05) is 30.3 Å². The molecule has 0 radical (unpaired) electrons. The number of carbonyl (C=O) groups excluding carboxylic acids is 1. The van der Waals surface area contributed by atoms with Crippen molar-refractivity contribution in [2.75, 3.05) is 25.5 Å². The Kier molecular flexibility index (Phi) is 3.72. The molecule has 0 saturated carbocycles. The van der Waals surface area contributed by atoms with Crippen molar-refractivity contribution >= 4 is 34.1 Å². The van der Waals surface area contributed by atoms with Gasteiger partial charge in [-0.25, -0.2) is 4.98 Å². The van der Waals surface area contributed by atoms with Crippen molar-refractivity contribution in [2.24, 2.45) is 0 Å². The molecule has 0 N–H and O–H groups in total. The number of likely N-dealkylation sites (N-methyl/N-ethyl adjacent to an activating group) is 1. The Morgan fingerprint density at radius 1 is 1.38 bits per heavy atom. The third-order valence-corrected chi connectivity index (χ3v) is 4.24. The van der Waals surface area contributed by atoms with Crippen molar-refractivity contribution in [3.8, 4) is 0 Å². The molecule has 2 heterocycles. The minimum Gasteiger partial charge on any atom is -0.347 e. The van der Waals surface area contributed by atoms with Gasteiger partial charge in [0.1, 0.15) is 17.0 Å². The molecular weight excluding hydrogens is 286 g/mol. The van der Waals surface area contributed by atoms with E-state index in [0.717, 1.165) is 36.0 Å².